The Labute approximate surface area is 120 Å². The second-order valence-electron chi connectivity index (χ2n) is 4.43. The number of rotatable bonds is 4. The van der Waals surface area contributed by atoms with Gasteiger partial charge in [-0.25, -0.2) is 4.39 Å². The molecule has 0 unspecified atom stereocenters. The highest BCUT2D eigenvalue weighted by Gasteiger charge is 2.07. The maximum atomic E-state index is 12.8. The van der Waals surface area contributed by atoms with Crippen molar-refractivity contribution in [2.24, 2.45) is 0 Å². The van der Waals surface area contributed by atoms with Crippen LogP contribution < -0.4 is 5.32 Å². The van der Waals surface area contributed by atoms with Gasteiger partial charge in [-0.1, -0.05) is 28.1 Å². The summed E-state index contributed by atoms with van der Waals surface area (Å²) in [4.78, 5) is 0. The molecule has 0 radical (unpaired) electrons. The molecule has 0 aliphatic carbocycles. The van der Waals surface area contributed by atoms with Crippen molar-refractivity contribution >= 4 is 15.9 Å². The summed E-state index contributed by atoms with van der Waals surface area (Å²) in [5.74, 6) is 0.0302. The van der Waals surface area contributed by atoms with E-state index in [2.05, 4.69) is 21.2 Å². The molecule has 100 valence electrons. The van der Waals surface area contributed by atoms with E-state index in [0.29, 0.717) is 6.54 Å². The van der Waals surface area contributed by atoms with Gasteiger partial charge < -0.3 is 10.4 Å². The van der Waals surface area contributed by atoms with Crippen molar-refractivity contribution in [2.75, 3.05) is 0 Å². The zero-order valence-corrected chi connectivity index (χ0v) is 12.1. The van der Waals surface area contributed by atoms with Crippen molar-refractivity contribution in [3.05, 3.63) is 63.9 Å². The van der Waals surface area contributed by atoms with Crippen LogP contribution in [0.1, 0.15) is 24.1 Å². The molecule has 0 spiro atoms. The van der Waals surface area contributed by atoms with Gasteiger partial charge in [0.15, 0.2) is 0 Å². The topological polar surface area (TPSA) is 32.3 Å². The number of benzene rings is 2. The van der Waals surface area contributed by atoms with Gasteiger partial charge in [-0.15, -0.1) is 0 Å². The summed E-state index contributed by atoms with van der Waals surface area (Å²) in [6.45, 7) is 2.55. The van der Waals surface area contributed by atoms with Crippen LogP contribution >= 0.6 is 15.9 Å². The van der Waals surface area contributed by atoms with Gasteiger partial charge >= 0.3 is 0 Å². The fourth-order valence-corrected chi connectivity index (χ4v) is 2.24. The lowest BCUT2D eigenvalue weighted by Crippen LogP contribution is -2.18. The van der Waals surface area contributed by atoms with E-state index in [4.69, 9.17) is 0 Å². The van der Waals surface area contributed by atoms with Crippen LogP contribution in [-0.4, -0.2) is 5.11 Å². The van der Waals surface area contributed by atoms with Crippen LogP contribution in [0, 0.1) is 5.82 Å². The molecule has 2 N–H and O–H groups in total. The molecule has 1 atom stereocenters. The van der Waals surface area contributed by atoms with Gasteiger partial charge in [0.1, 0.15) is 11.6 Å². The Morgan fingerprint density at radius 2 is 1.89 bits per heavy atom. The van der Waals surface area contributed by atoms with Crippen LogP contribution in [0.3, 0.4) is 0 Å². The first kappa shape index (κ1) is 14.0. The number of phenols is 1. The summed E-state index contributed by atoms with van der Waals surface area (Å²) < 4.78 is 13.8. The standard InChI is InChI=1S/C15H15BrFNO/c1-10(11-2-5-14(17)6-3-11)18-9-12-8-13(16)4-7-15(12)19/h2-8,10,18-19H,9H2,1H3/t10-/m1/s1. The van der Waals surface area contributed by atoms with Crippen molar-refractivity contribution < 1.29 is 9.50 Å². The molecule has 2 aromatic rings. The third kappa shape index (κ3) is 3.78. The minimum atomic E-state index is -0.236. The molecule has 2 aromatic carbocycles. The minimum Gasteiger partial charge on any atom is -0.508 e. The van der Waals surface area contributed by atoms with Crippen molar-refractivity contribution in [1.82, 2.24) is 5.32 Å². The Morgan fingerprint density at radius 1 is 1.21 bits per heavy atom. The van der Waals surface area contributed by atoms with Crippen LogP contribution in [0.15, 0.2) is 46.9 Å². The summed E-state index contributed by atoms with van der Waals surface area (Å²) >= 11 is 3.38. The zero-order valence-electron chi connectivity index (χ0n) is 10.5. The molecule has 0 amide bonds. The van der Waals surface area contributed by atoms with E-state index in [1.807, 2.05) is 13.0 Å². The number of nitrogens with one attached hydrogen (secondary N) is 1. The Hall–Kier alpha value is -1.39. The lowest BCUT2D eigenvalue weighted by molar-refractivity contribution is 0.460. The van der Waals surface area contributed by atoms with E-state index < -0.39 is 0 Å². The van der Waals surface area contributed by atoms with Gasteiger partial charge in [-0.05, 0) is 42.8 Å². The SMILES string of the molecule is C[C@@H](NCc1cc(Br)ccc1O)c1ccc(F)cc1. The molecule has 4 heteroatoms. The third-order valence-corrected chi connectivity index (χ3v) is 3.50. The average Bonchev–Trinajstić information content (AvgIpc) is 2.40. The van der Waals surface area contributed by atoms with Crippen molar-refractivity contribution in [1.29, 1.82) is 0 Å². The molecule has 0 bridgehead atoms. The fourth-order valence-electron chi connectivity index (χ4n) is 1.83. The largest absolute Gasteiger partial charge is 0.508 e. The van der Waals surface area contributed by atoms with E-state index in [9.17, 15) is 9.50 Å². The first-order valence-corrected chi connectivity index (χ1v) is 6.82. The predicted molar refractivity (Wildman–Crippen MR) is 77.5 cm³/mol. The van der Waals surface area contributed by atoms with Gasteiger partial charge in [-0.2, -0.15) is 0 Å². The minimum absolute atomic E-state index is 0.0824. The lowest BCUT2D eigenvalue weighted by atomic mass is 10.1. The maximum absolute atomic E-state index is 12.8. The Kier molecular flexibility index (Phi) is 4.56. The first-order chi connectivity index (χ1) is 9.06. The second-order valence-corrected chi connectivity index (χ2v) is 5.34. The van der Waals surface area contributed by atoms with E-state index in [0.717, 1.165) is 15.6 Å². The quantitative estimate of drug-likeness (QED) is 0.886. The summed E-state index contributed by atoms with van der Waals surface area (Å²) in [5.41, 5.74) is 1.83. The average molecular weight is 324 g/mol. The van der Waals surface area contributed by atoms with E-state index in [1.165, 1.54) is 12.1 Å². The Morgan fingerprint density at radius 3 is 2.58 bits per heavy atom. The molecule has 19 heavy (non-hydrogen) atoms. The molecule has 2 nitrogen and oxygen atoms in total. The second kappa shape index (κ2) is 6.17. The smallest absolute Gasteiger partial charge is 0.123 e. The van der Waals surface area contributed by atoms with Crippen molar-refractivity contribution in [3.8, 4) is 5.75 Å². The summed E-state index contributed by atoms with van der Waals surface area (Å²) in [6, 6.07) is 11.8. The molecule has 0 aromatic heterocycles. The number of hydrogen-bond donors (Lipinski definition) is 2. The molecule has 0 aliphatic rings. The summed E-state index contributed by atoms with van der Waals surface area (Å²) in [6.07, 6.45) is 0. The van der Waals surface area contributed by atoms with Gasteiger partial charge in [0.2, 0.25) is 0 Å². The van der Waals surface area contributed by atoms with E-state index in [1.54, 1.807) is 24.3 Å². The maximum Gasteiger partial charge on any atom is 0.123 e. The number of phenolic OH excluding ortho intramolecular Hbond substituents is 1. The predicted octanol–water partition coefficient (Wildman–Crippen LogP) is 4.14. The van der Waals surface area contributed by atoms with Gasteiger partial charge in [0, 0.05) is 22.6 Å². The molecule has 0 aliphatic heterocycles. The number of hydrogen-bond acceptors (Lipinski definition) is 2. The number of halogens is 2. The van der Waals surface area contributed by atoms with Crippen LogP contribution in [0.5, 0.6) is 5.75 Å². The zero-order chi connectivity index (χ0) is 13.8. The molecule has 0 heterocycles. The van der Waals surface area contributed by atoms with Crippen LogP contribution in [0.25, 0.3) is 0 Å². The lowest BCUT2D eigenvalue weighted by Gasteiger charge is -2.15. The van der Waals surface area contributed by atoms with Crippen LogP contribution in [0.2, 0.25) is 0 Å². The Balaban J connectivity index is 2.02. The third-order valence-electron chi connectivity index (χ3n) is 3.01. The van der Waals surface area contributed by atoms with Gasteiger partial charge in [-0.3, -0.25) is 0 Å². The molecular formula is C15H15BrFNO. The Bertz CT molecular complexity index is 557. The normalized spacial score (nSPS) is 12.4. The van der Waals surface area contributed by atoms with E-state index in [-0.39, 0.29) is 17.6 Å². The van der Waals surface area contributed by atoms with Gasteiger partial charge in [0.25, 0.3) is 0 Å². The first-order valence-electron chi connectivity index (χ1n) is 6.02. The molecule has 0 saturated heterocycles. The highest BCUT2D eigenvalue weighted by atomic mass is 79.9. The fraction of sp³-hybridized carbons (Fsp3) is 0.200. The molecule has 0 fully saturated rings. The monoisotopic (exact) mass is 323 g/mol. The van der Waals surface area contributed by atoms with Gasteiger partial charge in [0.05, 0.1) is 0 Å². The van der Waals surface area contributed by atoms with Crippen molar-refractivity contribution in [2.45, 2.75) is 19.5 Å². The highest BCUT2D eigenvalue weighted by molar-refractivity contribution is 9.10. The van der Waals surface area contributed by atoms with Crippen LogP contribution in [0.4, 0.5) is 4.39 Å². The van der Waals surface area contributed by atoms with Crippen LogP contribution in [-0.2, 0) is 6.54 Å². The highest BCUT2D eigenvalue weighted by Crippen LogP contribution is 2.22. The summed E-state index contributed by atoms with van der Waals surface area (Å²) in [7, 11) is 0. The van der Waals surface area contributed by atoms with E-state index >= 15 is 0 Å². The van der Waals surface area contributed by atoms with Crippen molar-refractivity contribution in [3.63, 3.8) is 0 Å². The molecule has 0 saturated carbocycles. The number of aromatic hydroxyl groups is 1. The molecule has 2 rings (SSSR count). The molecular weight excluding hydrogens is 309 g/mol. The summed E-state index contributed by atoms with van der Waals surface area (Å²) in [5, 5.41) is 13.0.